The number of para-hydroxylation sites is 1. The Kier molecular flexibility index (Phi) is 10.2. The van der Waals surface area contributed by atoms with E-state index in [4.69, 9.17) is 23.2 Å². The SMILES string of the molecule is O=C1CCC(=O)N[C@@H](Cc2c[nH]c3ccccc23)C(=O)NC(Cc2ccccc2)C(=O)NC(Cc2ccc(Cl)c(Cl)c2)CN1. The van der Waals surface area contributed by atoms with Crippen molar-refractivity contribution in [3.63, 3.8) is 0 Å². The summed E-state index contributed by atoms with van der Waals surface area (Å²) >= 11 is 12.3. The fourth-order valence-electron chi connectivity index (χ4n) is 5.31. The lowest BCUT2D eigenvalue weighted by Gasteiger charge is -2.27. The maximum atomic E-state index is 13.8. The average Bonchev–Trinajstić information content (AvgIpc) is 3.42. The second-order valence-electron chi connectivity index (χ2n) is 10.9. The van der Waals surface area contributed by atoms with Crippen LogP contribution >= 0.6 is 23.2 Å². The van der Waals surface area contributed by atoms with Gasteiger partial charge in [0.15, 0.2) is 0 Å². The summed E-state index contributed by atoms with van der Waals surface area (Å²) in [7, 11) is 0. The number of fused-ring (bicyclic) bond motifs is 1. The molecule has 44 heavy (non-hydrogen) atoms. The van der Waals surface area contributed by atoms with Gasteiger partial charge in [-0.1, -0.05) is 77.8 Å². The summed E-state index contributed by atoms with van der Waals surface area (Å²) in [6, 6.07) is 19.8. The standard InChI is InChI=1S/C33H33Cl2N5O4/c34-25-11-10-21(15-26(25)35)14-23-19-37-30(41)12-13-31(42)39-29(17-22-18-36-27-9-5-4-8-24(22)27)33(44)40-28(32(43)38-23)16-20-6-2-1-3-7-20/h1-11,15,18,23,28-29,36H,12-14,16-17,19H2,(H,37,41)(H,38,43)(H,39,42)(H,40,44)/t23?,28?,29-/m0/s1. The lowest BCUT2D eigenvalue weighted by molar-refractivity contribution is -0.133. The Bertz CT molecular complexity index is 1660. The molecule has 9 nitrogen and oxygen atoms in total. The van der Waals surface area contributed by atoms with Gasteiger partial charge in [0.2, 0.25) is 23.6 Å². The molecule has 1 fully saturated rings. The number of carbonyl (C=O) groups excluding carboxylic acids is 4. The molecule has 0 bridgehead atoms. The van der Waals surface area contributed by atoms with Crippen molar-refractivity contribution in [2.45, 2.75) is 50.2 Å². The molecule has 0 aliphatic carbocycles. The number of carbonyl (C=O) groups is 4. The smallest absolute Gasteiger partial charge is 0.243 e. The van der Waals surface area contributed by atoms with Crippen LogP contribution in [0.3, 0.4) is 0 Å². The van der Waals surface area contributed by atoms with E-state index in [-0.39, 0.29) is 38.1 Å². The van der Waals surface area contributed by atoms with Gasteiger partial charge in [0, 0.05) is 49.3 Å². The quantitative estimate of drug-likeness (QED) is 0.220. The number of rotatable bonds is 6. The van der Waals surface area contributed by atoms with E-state index < -0.39 is 35.8 Å². The van der Waals surface area contributed by atoms with E-state index in [2.05, 4.69) is 26.3 Å². The van der Waals surface area contributed by atoms with Crippen LogP contribution in [0.1, 0.15) is 29.5 Å². The molecule has 3 aromatic carbocycles. The molecule has 0 spiro atoms. The predicted octanol–water partition coefficient (Wildman–Crippen LogP) is 3.87. The maximum Gasteiger partial charge on any atom is 0.243 e. The Labute approximate surface area is 265 Å². The summed E-state index contributed by atoms with van der Waals surface area (Å²) < 4.78 is 0. The van der Waals surface area contributed by atoms with E-state index >= 15 is 0 Å². The summed E-state index contributed by atoms with van der Waals surface area (Å²) in [4.78, 5) is 56.5. The second kappa shape index (κ2) is 14.4. The zero-order valence-electron chi connectivity index (χ0n) is 23.9. The lowest BCUT2D eigenvalue weighted by Crippen LogP contribution is -2.57. The first-order chi connectivity index (χ1) is 21.2. The van der Waals surface area contributed by atoms with Crippen LogP contribution < -0.4 is 21.3 Å². The molecule has 4 amide bonds. The molecule has 1 aliphatic heterocycles. The van der Waals surface area contributed by atoms with Gasteiger partial charge in [-0.05, 0) is 41.3 Å². The highest BCUT2D eigenvalue weighted by Crippen LogP contribution is 2.23. The number of hydrogen-bond acceptors (Lipinski definition) is 4. The zero-order valence-corrected chi connectivity index (χ0v) is 25.4. The molecule has 2 unspecified atom stereocenters. The number of H-pyrrole nitrogens is 1. The van der Waals surface area contributed by atoms with Crippen LogP contribution in [-0.4, -0.2) is 53.3 Å². The molecule has 228 valence electrons. The van der Waals surface area contributed by atoms with Crippen molar-refractivity contribution < 1.29 is 19.2 Å². The van der Waals surface area contributed by atoms with Crippen molar-refractivity contribution in [1.29, 1.82) is 0 Å². The molecule has 5 N–H and O–H groups in total. The Morgan fingerprint density at radius 3 is 2.16 bits per heavy atom. The Balaban J connectivity index is 1.43. The van der Waals surface area contributed by atoms with E-state index in [1.807, 2.05) is 60.8 Å². The Hall–Kier alpha value is -4.34. The molecule has 5 rings (SSSR count). The fourth-order valence-corrected chi connectivity index (χ4v) is 5.63. The van der Waals surface area contributed by atoms with E-state index in [0.29, 0.717) is 16.5 Å². The van der Waals surface area contributed by atoms with Crippen LogP contribution in [0, 0.1) is 0 Å². The number of benzene rings is 3. The molecule has 0 saturated carbocycles. The van der Waals surface area contributed by atoms with Gasteiger partial charge in [-0.15, -0.1) is 0 Å². The van der Waals surface area contributed by atoms with E-state index in [1.54, 1.807) is 18.2 Å². The monoisotopic (exact) mass is 633 g/mol. The largest absolute Gasteiger partial charge is 0.361 e. The summed E-state index contributed by atoms with van der Waals surface area (Å²) in [5.74, 6) is -1.70. The van der Waals surface area contributed by atoms with Gasteiger partial charge in [0.05, 0.1) is 16.1 Å². The Morgan fingerprint density at radius 1 is 0.659 bits per heavy atom. The van der Waals surface area contributed by atoms with Crippen molar-refractivity contribution >= 4 is 57.7 Å². The molecule has 1 aliphatic rings. The van der Waals surface area contributed by atoms with Crippen LogP contribution in [0.5, 0.6) is 0 Å². The highest BCUT2D eigenvalue weighted by molar-refractivity contribution is 6.42. The van der Waals surface area contributed by atoms with Gasteiger partial charge in [-0.25, -0.2) is 0 Å². The zero-order chi connectivity index (χ0) is 31.1. The van der Waals surface area contributed by atoms with Gasteiger partial charge in [-0.3, -0.25) is 19.2 Å². The van der Waals surface area contributed by atoms with Gasteiger partial charge in [-0.2, -0.15) is 0 Å². The van der Waals surface area contributed by atoms with Gasteiger partial charge >= 0.3 is 0 Å². The highest BCUT2D eigenvalue weighted by atomic mass is 35.5. The van der Waals surface area contributed by atoms with E-state index in [9.17, 15) is 19.2 Å². The Morgan fingerprint density at radius 2 is 1.36 bits per heavy atom. The van der Waals surface area contributed by atoms with Crippen molar-refractivity contribution in [1.82, 2.24) is 26.3 Å². The highest BCUT2D eigenvalue weighted by Gasteiger charge is 2.30. The first-order valence-corrected chi connectivity index (χ1v) is 15.2. The third kappa shape index (κ3) is 8.18. The predicted molar refractivity (Wildman–Crippen MR) is 170 cm³/mol. The summed E-state index contributed by atoms with van der Waals surface area (Å²) in [5, 5.41) is 13.3. The molecule has 3 atom stereocenters. The first kappa shape index (κ1) is 31.1. The number of aromatic nitrogens is 1. The summed E-state index contributed by atoms with van der Waals surface area (Å²) in [5.41, 5.74) is 3.40. The molecule has 1 saturated heterocycles. The lowest BCUT2D eigenvalue weighted by atomic mass is 10.0. The average molecular weight is 635 g/mol. The minimum Gasteiger partial charge on any atom is -0.361 e. The number of hydrogen-bond donors (Lipinski definition) is 5. The molecule has 4 aromatic rings. The van der Waals surface area contributed by atoms with Crippen molar-refractivity contribution in [3.8, 4) is 0 Å². The van der Waals surface area contributed by atoms with Crippen LogP contribution in [0.25, 0.3) is 10.9 Å². The van der Waals surface area contributed by atoms with Gasteiger partial charge in [0.25, 0.3) is 0 Å². The van der Waals surface area contributed by atoms with Gasteiger partial charge in [0.1, 0.15) is 12.1 Å². The normalized spacial score (nSPS) is 20.3. The van der Waals surface area contributed by atoms with Crippen molar-refractivity contribution in [2.75, 3.05) is 6.54 Å². The van der Waals surface area contributed by atoms with Crippen molar-refractivity contribution in [3.05, 3.63) is 106 Å². The number of amides is 4. The first-order valence-electron chi connectivity index (χ1n) is 14.4. The van der Waals surface area contributed by atoms with Crippen LogP contribution in [0.15, 0.2) is 79.0 Å². The van der Waals surface area contributed by atoms with Crippen LogP contribution in [-0.2, 0) is 38.4 Å². The second-order valence-corrected chi connectivity index (χ2v) is 11.7. The molecule has 0 radical (unpaired) electrons. The third-order valence-corrected chi connectivity index (χ3v) is 8.34. The molecule has 2 heterocycles. The van der Waals surface area contributed by atoms with E-state index in [0.717, 1.165) is 27.6 Å². The summed E-state index contributed by atoms with van der Waals surface area (Å²) in [6.07, 6.45) is 2.40. The molecular weight excluding hydrogens is 601 g/mol. The number of nitrogens with one attached hydrogen (secondary N) is 5. The maximum absolute atomic E-state index is 13.8. The third-order valence-electron chi connectivity index (χ3n) is 7.60. The van der Waals surface area contributed by atoms with Crippen molar-refractivity contribution in [2.24, 2.45) is 0 Å². The molecule has 1 aromatic heterocycles. The van der Waals surface area contributed by atoms with Gasteiger partial charge < -0.3 is 26.3 Å². The summed E-state index contributed by atoms with van der Waals surface area (Å²) in [6.45, 7) is 0.113. The minimum absolute atomic E-state index is 0.0721. The number of halogens is 2. The van der Waals surface area contributed by atoms with E-state index in [1.165, 1.54) is 0 Å². The van der Waals surface area contributed by atoms with Crippen LogP contribution in [0.4, 0.5) is 0 Å². The minimum atomic E-state index is -0.981. The topological polar surface area (TPSA) is 132 Å². The molecular formula is C33H33Cl2N5O4. The number of aromatic amines is 1. The van der Waals surface area contributed by atoms with Crippen LogP contribution in [0.2, 0.25) is 10.0 Å². The fraction of sp³-hybridized carbons (Fsp3) is 0.273. The molecule has 11 heteroatoms.